The van der Waals surface area contributed by atoms with E-state index in [0.29, 0.717) is 5.92 Å². The molecule has 5 rings (SSSR count). The van der Waals surface area contributed by atoms with Crippen LogP contribution in [0, 0.1) is 5.92 Å². The van der Waals surface area contributed by atoms with Gasteiger partial charge in [0.2, 0.25) is 0 Å². The Kier molecular flexibility index (Phi) is 5.65. The van der Waals surface area contributed by atoms with Crippen LogP contribution in [0.4, 0.5) is 11.4 Å². The summed E-state index contributed by atoms with van der Waals surface area (Å²) in [6.07, 6.45) is 19.3. The van der Waals surface area contributed by atoms with Crippen molar-refractivity contribution in [2.45, 2.75) is 51.4 Å². The summed E-state index contributed by atoms with van der Waals surface area (Å²) in [6.45, 7) is 0. The lowest BCUT2D eigenvalue weighted by atomic mass is 9.90. The molecule has 0 bridgehead atoms. The summed E-state index contributed by atoms with van der Waals surface area (Å²) in [7, 11) is 0. The molecule has 152 valence electrons. The minimum Gasteiger partial charge on any atom is -0.358 e. The number of hydrogen-bond donors (Lipinski definition) is 1. The largest absolute Gasteiger partial charge is 0.358 e. The minimum absolute atomic E-state index is 0.661. The number of para-hydroxylation sites is 2. The molecule has 3 aliphatic rings. The molecule has 0 spiro atoms. The van der Waals surface area contributed by atoms with Gasteiger partial charge in [-0.1, -0.05) is 74.2 Å². The molecular weight excluding hydrogens is 364 g/mol. The summed E-state index contributed by atoms with van der Waals surface area (Å²) >= 11 is 0. The number of benzene rings is 2. The van der Waals surface area contributed by atoms with Crippen molar-refractivity contribution in [2.75, 3.05) is 5.32 Å². The van der Waals surface area contributed by atoms with Crippen LogP contribution in [0.1, 0.15) is 49.7 Å². The van der Waals surface area contributed by atoms with Crippen LogP contribution in [-0.2, 0) is 12.8 Å². The molecule has 0 radical (unpaired) electrons. The van der Waals surface area contributed by atoms with Gasteiger partial charge in [0.15, 0.2) is 0 Å². The summed E-state index contributed by atoms with van der Waals surface area (Å²) in [5, 5.41) is 3.58. The van der Waals surface area contributed by atoms with Crippen molar-refractivity contribution in [1.29, 1.82) is 0 Å². The van der Waals surface area contributed by atoms with Crippen molar-refractivity contribution in [3.05, 3.63) is 95.2 Å². The second kappa shape index (κ2) is 8.87. The lowest BCUT2D eigenvalue weighted by molar-refractivity contribution is 0.540. The van der Waals surface area contributed by atoms with Crippen LogP contribution in [0.2, 0.25) is 0 Å². The van der Waals surface area contributed by atoms with Crippen molar-refractivity contribution in [1.82, 2.24) is 0 Å². The maximum atomic E-state index is 4.83. The van der Waals surface area contributed by atoms with Gasteiger partial charge in [0.25, 0.3) is 0 Å². The van der Waals surface area contributed by atoms with E-state index in [9.17, 15) is 0 Å². The van der Waals surface area contributed by atoms with E-state index in [-0.39, 0.29) is 0 Å². The first kappa shape index (κ1) is 19.1. The fourth-order valence-electron chi connectivity index (χ4n) is 4.90. The summed E-state index contributed by atoms with van der Waals surface area (Å²) < 4.78 is 0. The zero-order chi connectivity index (χ0) is 20.2. The molecule has 1 N–H and O–H groups in total. The lowest BCUT2D eigenvalue weighted by Crippen LogP contribution is -2.03. The summed E-state index contributed by atoms with van der Waals surface area (Å²) in [4.78, 5) is 4.83. The molecule has 2 aromatic rings. The van der Waals surface area contributed by atoms with Gasteiger partial charge in [-0.15, -0.1) is 0 Å². The van der Waals surface area contributed by atoms with Crippen LogP contribution in [-0.4, -0.2) is 5.71 Å². The van der Waals surface area contributed by atoms with Gasteiger partial charge < -0.3 is 5.32 Å². The number of aliphatic imine (C=N–C) groups is 1. The van der Waals surface area contributed by atoms with E-state index in [0.717, 1.165) is 18.5 Å². The monoisotopic (exact) mass is 394 g/mol. The molecule has 2 aliphatic heterocycles. The van der Waals surface area contributed by atoms with Gasteiger partial charge in [-0.25, -0.2) is 0 Å². The number of nitrogens with zero attached hydrogens (tertiary/aromatic N) is 1. The van der Waals surface area contributed by atoms with Gasteiger partial charge in [-0.05, 0) is 59.7 Å². The second-order valence-corrected chi connectivity index (χ2v) is 8.75. The molecule has 2 nitrogen and oxygen atoms in total. The SMILES string of the molecule is C(=C/C(=C/C=C1\Cc2ccccc2N1)C1CCCCCC1)\C1=Nc2ccccc2C1. The third-order valence-corrected chi connectivity index (χ3v) is 6.59. The Bertz CT molecular complexity index is 1000. The Morgan fingerprint density at radius 3 is 2.43 bits per heavy atom. The average molecular weight is 395 g/mol. The quantitative estimate of drug-likeness (QED) is 0.426. The van der Waals surface area contributed by atoms with E-state index in [4.69, 9.17) is 4.99 Å². The molecule has 1 saturated carbocycles. The Morgan fingerprint density at radius 1 is 0.867 bits per heavy atom. The molecule has 2 heteroatoms. The van der Waals surface area contributed by atoms with E-state index >= 15 is 0 Å². The molecule has 0 atom stereocenters. The smallest absolute Gasteiger partial charge is 0.0669 e. The number of fused-ring (bicyclic) bond motifs is 2. The predicted molar refractivity (Wildman–Crippen MR) is 128 cm³/mol. The van der Waals surface area contributed by atoms with E-state index in [1.165, 1.54) is 72.3 Å². The number of anilines is 1. The highest BCUT2D eigenvalue weighted by Gasteiger charge is 2.17. The van der Waals surface area contributed by atoms with Crippen molar-refractivity contribution in [3.63, 3.8) is 0 Å². The Labute approximate surface area is 180 Å². The fourth-order valence-corrected chi connectivity index (χ4v) is 4.90. The molecule has 2 aromatic carbocycles. The second-order valence-electron chi connectivity index (χ2n) is 8.75. The highest BCUT2D eigenvalue weighted by molar-refractivity contribution is 6.02. The van der Waals surface area contributed by atoms with Crippen LogP contribution in [0.3, 0.4) is 0 Å². The van der Waals surface area contributed by atoms with Crippen molar-refractivity contribution < 1.29 is 0 Å². The molecular formula is C28H30N2. The zero-order valence-corrected chi connectivity index (χ0v) is 17.6. The van der Waals surface area contributed by atoms with Crippen LogP contribution in [0.25, 0.3) is 0 Å². The first-order chi connectivity index (χ1) is 14.8. The first-order valence-electron chi connectivity index (χ1n) is 11.4. The third kappa shape index (κ3) is 4.33. The van der Waals surface area contributed by atoms with Crippen LogP contribution in [0.15, 0.2) is 89.1 Å². The number of hydrogen-bond acceptors (Lipinski definition) is 2. The first-order valence-corrected chi connectivity index (χ1v) is 11.4. The number of allylic oxidation sites excluding steroid dienone is 6. The Balaban J connectivity index is 1.37. The van der Waals surface area contributed by atoms with Gasteiger partial charge in [0.1, 0.15) is 0 Å². The van der Waals surface area contributed by atoms with Gasteiger partial charge in [0.05, 0.1) is 5.69 Å². The molecule has 0 amide bonds. The molecule has 1 fully saturated rings. The molecule has 0 unspecified atom stereocenters. The maximum absolute atomic E-state index is 4.83. The van der Waals surface area contributed by atoms with Crippen molar-refractivity contribution >= 4 is 17.1 Å². The fraction of sp³-hybridized carbons (Fsp3) is 0.321. The molecule has 0 saturated heterocycles. The molecule has 1 aliphatic carbocycles. The average Bonchev–Trinajstić information content (AvgIpc) is 3.28. The van der Waals surface area contributed by atoms with Gasteiger partial charge in [0, 0.05) is 29.9 Å². The van der Waals surface area contributed by atoms with Crippen molar-refractivity contribution in [2.24, 2.45) is 10.9 Å². The summed E-state index contributed by atoms with van der Waals surface area (Å²) in [6, 6.07) is 17.1. The predicted octanol–water partition coefficient (Wildman–Crippen LogP) is 7.32. The number of rotatable bonds is 4. The standard InChI is InChI=1S/C28H30N2/c1-2-4-10-21(9-3-1)22(15-17-25-19-23-11-5-7-13-27(23)29-25)16-18-26-20-24-12-6-8-14-28(24)30-26/h5-8,11-18,21,29H,1-4,9-10,19-20H2/b18-16+,22-15-,25-17+. The van der Waals surface area contributed by atoms with E-state index < -0.39 is 0 Å². The van der Waals surface area contributed by atoms with Crippen molar-refractivity contribution in [3.8, 4) is 0 Å². The van der Waals surface area contributed by atoms with E-state index in [2.05, 4.69) is 78.2 Å². The molecule has 0 aromatic heterocycles. The highest BCUT2D eigenvalue weighted by atomic mass is 14.9. The lowest BCUT2D eigenvalue weighted by Gasteiger charge is -2.15. The van der Waals surface area contributed by atoms with Gasteiger partial charge in [-0.2, -0.15) is 0 Å². The maximum Gasteiger partial charge on any atom is 0.0669 e. The Morgan fingerprint density at radius 2 is 1.63 bits per heavy atom. The van der Waals surface area contributed by atoms with Crippen LogP contribution < -0.4 is 5.32 Å². The van der Waals surface area contributed by atoms with Crippen LogP contribution >= 0.6 is 0 Å². The van der Waals surface area contributed by atoms with Gasteiger partial charge >= 0.3 is 0 Å². The zero-order valence-electron chi connectivity index (χ0n) is 17.6. The van der Waals surface area contributed by atoms with Crippen LogP contribution in [0.5, 0.6) is 0 Å². The highest BCUT2D eigenvalue weighted by Crippen LogP contribution is 2.32. The molecule has 2 heterocycles. The van der Waals surface area contributed by atoms with E-state index in [1.54, 1.807) is 0 Å². The summed E-state index contributed by atoms with van der Waals surface area (Å²) in [5.74, 6) is 0.661. The normalized spacial score (nSPS) is 20.7. The summed E-state index contributed by atoms with van der Waals surface area (Å²) in [5.41, 5.74) is 9.04. The minimum atomic E-state index is 0.661. The third-order valence-electron chi connectivity index (χ3n) is 6.59. The van der Waals surface area contributed by atoms with E-state index in [1.807, 2.05) is 0 Å². The Hall–Kier alpha value is -2.87. The molecule has 30 heavy (non-hydrogen) atoms. The topological polar surface area (TPSA) is 24.4 Å². The van der Waals surface area contributed by atoms with Gasteiger partial charge in [-0.3, -0.25) is 4.99 Å². The number of nitrogens with one attached hydrogen (secondary N) is 1.